The molecule has 0 saturated carbocycles. The van der Waals surface area contributed by atoms with Gasteiger partial charge < -0.3 is 16.0 Å². The molecule has 1 fully saturated rings. The number of nitrogens with two attached hydrogens (primary N) is 1. The van der Waals surface area contributed by atoms with E-state index in [-0.39, 0.29) is 10.7 Å². The Bertz CT molecular complexity index is 468. The van der Waals surface area contributed by atoms with Crippen LogP contribution in [0.1, 0.15) is 22.5 Å². The molecule has 0 aliphatic carbocycles. The molecule has 19 heavy (non-hydrogen) atoms. The highest BCUT2D eigenvalue weighted by Crippen LogP contribution is 2.30. The van der Waals surface area contributed by atoms with E-state index >= 15 is 0 Å². The summed E-state index contributed by atoms with van der Waals surface area (Å²) in [5, 5.41) is 2.38. The minimum absolute atomic E-state index is 0.0217. The lowest BCUT2D eigenvalue weighted by atomic mass is 10.4. The SMILES string of the molecule is Nc1nc(N2CCCC2)sc1C(=O)NCC(F)(F)F. The number of hydrogen-bond acceptors (Lipinski definition) is 5. The fourth-order valence-electron chi connectivity index (χ4n) is 1.79. The molecule has 1 aromatic heterocycles. The molecule has 1 aliphatic heterocycles. The molecule has 1 amide bonds. The van der Waals surface area contributed by atoms with E-state index in [1.165, 1.54) is 0 Å². The number of nitrogens with zero attached hydrogens (tertiary/aromatic N) is 2. The summed E-state index contributed by atoms with van der Waals surface area (Å²) in [4.78, 5) is 17.6. The average molecular weight is 294 g/mol. The third-order valence-corrected chi connectivity index (χ3v) is 3.81. The summed E-state index contributed by atoms with van der Waals surface area (Å²) in [6.45, 7) is 0.287. The first kappa shape index (κ1) is 13.9. The van der Waals surface area contributed by atoms with Crippen LogP contribution in [-0.2, 0) is 0 Å². The zero-order chi connectivity index (χ0) is 14.0. The normalized spacial score (nSPS) is 15.8. The van der Waals surface area contributed by atoms with Gasteiger partial charge >= 0.3 is 6.18 Å². The van der Waals surface area contributed by atoms with Gasteiger partial charge in [-0.2, -0.15) is 13.2 Å². The molecule has 0 aromatic carbocycles. The van der Waals surface area contributed by atoms with Crippen molar-refractivity contribution in [3.05, 3.63) is 4.88 Å². The number of alkyl halides is 3. The van der Waals surface area contributed by atoms with Gasteiger partial charge in [0.1, 0.15) is 17.2 Å². The smallest absolute Gasteiger partial charge is 0.382 e. The van der Waals surface area contributed by atoms with Gasteiger partial charge in [-0.3, -0.25) is 4.79 Å². The average Bonchev–Trinajstić information content (AvgIpc) is 2.93. The first-order valence-electron chi connectivity index (χ1n) is 5.73. The highest BCUT2D eigenvalue weighted by Gasteiger charge is 2.29. The maximum Gasteiger partial charge on any atom is 0.405 e. The second-order valence-corrected chi connectivity index (χ2v) is 5.18. The predicted octanol–water partition coefficient (Wildman–Crippen LogP) is 1.62. The minimum atomic E-state index is -4.44. The van der Waals surface area contributed by atoms with Crippen molar-refractivity contribution in [2.75, 3.05) is 30.3 Å². The number of hydrogen-bond donors (Lipinski definition) is 2. The van der Waals surface area contributed by atoms with E-state index in [1.807, 2.05) is 4.90 Å². The van der Waals surface area contributed by atoms with E-state index in [4.69, 9.17) is 5.73 Å². The summed E-state index contributed by atoms with van der Waals surface area (Å²) < 4.78 is 36.1. The molecule has 2 rings (SSSR count). The number of aromatic nitrogens is 1. The van der Waals surface area contributed by atoms with Gasteiger partial charge in [0.2, 0.25) is 0 Å². The molecule has 2 heterocycles. The molecule has 0 atom stereocenters. The fourth-order valence-corrected chi connectivity index (χ4v) is 2.74. The van der Waals surface area contributed by atoms with Gasteiger partial charge in [0, 0.05) is 13.1 Å². The number of carbonyl (C=O) groups is 1. The standard InChI is InChI=1S/C10H13F3N4OS/c11-10(12,13)5-15-8(18)6-7(14)16-9(19-6)17-3-1-2-4-17/h1-5,14H2,(H,15,18). The lowest BCUT2D eigenvalue weighted by Crippen LogP contribution is -2.33. The summed E-state index contributed by atoms with van der Waals surface area (Å²) >= 11 is 1.03. The van der Waals surface area contributed by atoms with Crippen molar-refractivity contribution in [1.82, 2.24) is 10.3 Å². The molecule has 1 aliphatic rings. The fraction of sp³-hybridized carbons (Fsp3) is 0.600. The molecular formula is C10H13F3N4OS. The van der Waals surface area contributed by atoms with Crippen molar-refractivity contribution in [2.45, 2.75) is 19.0 Å². The largest absolute Gasteiger partial charge is 0.405 e. The Balaban J connectivity index is 2.05. The summed E-state index contributed by atoms with van der Waals surface area (Å²) in [6.07, 6.45) is -2.36. The van der Waals surface area contributed by atoms with Gasteiger partial charge in [-0.15, -0.1) is 0 Å². The number of amides is 1. The van der Waals surface area contributed by atoms with Crippen molar-refractivity contribution in [1.29, 1.82) is 0 Å². The van der Waals surface area contributed by atoms with E-state index in [0.717, 1.165) is 37.3 Å². The zero-order valence-electron chi connectivity index (χ0n) is 9.96. The summed E-state index contributed by atoms with van der Waals surface area (Å²) in [6, 6.07) is 0. The van der Waals surface area contributed by atoms with E-state index in [0.29, 0.717) is 5.13 Å². The van der Waals surface area contributed by atoms with Crippen LogP contribution >= 0.6 is 11.3 Å². The number of anilines is 2. The Labute approximate surface area is 111 Å². The second kappa shape index (κ2) is 5.24. The molecule has 0 spiro atoms. The van der Waals surface area contributed by atoms with Gasteiger partial charge in [-0.1, -0.05) is 11.3 Å². The van der Waals surface area contributed by atoms with E-state index in [1.54, 1.807) is 5.32 Å². The van der Waals surface area contributed by atoms with Gasteiger partial charge in [0.25, 0.3) is 5.91 Å². The monoisotopic (exact) mass is 294 g/mol. The first-order valence-corrected chi connectivity index (χ1v) is 6.54. The van der Waals surface area contributed by atoms with Crippen LogP contribution in [0.15, 0.2) is 0 Å². The molecule has 0 radical (unpaired) electrons. The number of carbonyl (C=O) groups excluding carboxylic acids is 1. The van der Waals surface area contributed by atoms with Crippen LogP contribution in [0.3, 0.4) is 0 Å². The van der Waals surface area contributed by atoms with Crippen LogP contribution in [0.25, 0.3) is 0 Å². The van der Waals surface area contributed by atoms with Crippen molar-refractivity contribution in [3.63, 3.8) is 0 Å². The number of nitrogen functional groups attached to an aromatic ring is 1. The van der Waals surface area contributed by atoms with E-state index in [9.17, 15) is 18.0 Å². The van der Waals surface area contributed by atoms with Crippen molar-refractivity contribution in [2.24, 2.45) is 0 Å². The van der Waals surface area contributed by atoms with Crippen molar-refractivity contribution in [3.8, 4) is 0 Å². The molecule has 5 nitrogen and oxygen atoms in total. The van der Waals surface area contributed by atoms with Crippen molar-refractivity contribution < 1.29 is 18.0 Å². The molecule has 1 aromatic rings. The Morgan fingerprint density at radius 3 is 2.63 bits per heavy atom. The quantitative estimate of drug-likeness (QED) is 0.888. The topological polar surface area (TPSA) is 71.2 Å². The molecule has 0 unspecified atom stereocenters. The molecule has 0 bridgehead atoms. The molecular weight excluding hydrogens is 281 g/mol. The third-order valence-electron chi connectivity index (χ3n) is 2.67. The summed E-state index contributed by atoms with van der Waals surface area (Å²) in [5.41, 5.74) is 5.58. The van der Waals surface area contributed by atoms with Gasteiger partial charge in [0.05, 0.1) is 0 Å². The molecule has 3 N–H and O–H groups in total. The molecule has 1 saturated heterocycles. The lowest BCUT2D eigenvalue weighted by Gasteiger charge is -2.11. The lowest BCUT2D eigenvalue weighted by molar-refractivity contribution is -0.123. The van der Waals surface area contributed by atoms with Crippen molar-refractivity contribution >= 4 is 28.2 Å². The Hall–Kier alpha value is -1.51. The van der Waals surface area contributed by atoms with Gasteiger partial charge in [0.15, 0.2) is 5.13 Å². The van der Waals surface area contributed by atoms with E-state index < -0.39 is 18.6 Å². The Kier molecular flexibility index (Phi) is 3.83. The zero-order valence-corrected chi connectivity index (χ0v) is 10.8. The van der Waals surface area contributed by atoms with Crippen LogP contribution in [0.2, 0.25) is 0 Å². The van der Waals surface area contributed by atoms with E-state index in [2.05, 4.69) is 4.98 Å². The Morgan fingerprint density at radius 2 is 2.05 bits per heavy atom. The molecule has 106 valence electrons. The van der Waals surface area contributed by atoms with Crippen LogP contribution in [0, 0.1) is 0 Å². The van der Waals surface area contributed by atoms with Gasteiger partial charge in [-0.25, -0.2) is 4.98 Å². The number of halogens is 3. The third kappa shape index (κ3) is 3.49. The Morgan fingerprint density at radius 1 is 1.42 bits per heavy atom. The van der Waals surface area contributed by atoms with Gasteiger partial charge in [-0.05, 0) is 12.8 Å². The maximum absolute atomic E-state index is 12.0. The van der Waals surface area contributed by atoms with Crippen LogP contribution in [0.4, 0.5) is 24.1 Å². The first-order chi connectivity index (χ1) is 8.87. The van der Waals surface area contributed by atoms with Crippen LogP contribution in [0.5, 0.6) is 0 Å². The number of nitrogens with one attached hydrogen (secondary N) is 1. The highest BCUT2D eigenvalue weighted by molar-refractivity contribution is 7.18. The maximum atomic E-state index is 12.0. The second-order valence-electron chi connectivity index (χ2n) is 4.20. The minimum Gasteiger partial charge on any atom is -0.382 e. The predicted molar refractivity (Wildman–Crippen MR) is 66.4 cm³/mol. The highest BCUT2D eigenvalue weighted by atomic mass is 32.1. The molecule has 9 heteroatoms. The number of thiazole rings is 1. The number of rotatable bonds is 3. The summed E-state index contributed by atoms with van der Waals surface area (Å²) in [5.74, 6) is -0.857. The van der Waals surface area contributed by atoms with Crippen LogP contribution < -0.4 is 16.0 Å². The van der Waals surface area contributed by atoms with Crippen LogP contribution in [-0.4, -0.2) is 36.7 Å². The summed E-state index contributed by atoms with van der Waals surface area (Å²) in [7, 11) is 0.